The average molecular weight is 233 g/mol. The molecule has 18 heavy (non-hydrogen) atoms. The molecule has 3 rings (SSSR count). The van der Waals surface area contributed by atoms with Gasteiger partial charge in [0.1, 0.15) is 11.3 Å². The minimum absolute atomic E-state index is 0.362. The van der Waals surface area contributed by atoms with E-state index in [1.165, 1.54) is 0 Å². The molecule has 0 saturated carbocycles. The van der Waals surface area contributed by atoms with Gasteiger partial charge < -0.3 is 4.42 Å². The normalized spacial score (nSPS) is 10.4. The van der Waals surface area contributed by atoms with E-state index in [4.69, 9.17) is 9.68 Å². The van der Waals surface area contributed by atoms with Crippen molar-refractivity contribution in [2.45, 2.75) is 6.42 Å². The third-order valence-electron chi connectivity index (χ3n) is 2.99. The van der Waals surface area contributed by atoms with Gasteiger partial charge in [0, 0.05) is 16.5 Å². The highest BCUT2D eigenvalue weighted by Gasteiger charge is 2.14. The van der Waals surface area contributed by atoms with Crippen LogP contribution in [0.2, 0.25) is 0 Å². The largest absolute Gasteiger partial charge is 0.456 e. The van der Waals surface area contributed by atoms with Crippen LogP contribution < -0.4 is 0 Å². The number of hydrogen-bond donors (Lipinski definition) is 0. The molecule has 3 aromatic rings. The van der Waals surface area contributed by atoms with E-state index >= 15 is 0 Å². The minimum atomic E-state index is 0.362. The molecule has 0 aliphatic rings. The second-order valence-corrected chi connectivity index (χ2v) is 4.11. The van der Waals surface area contributed by atoms with Crippen molar-refractivity contribution in [2.75, 3.05) is 0 Å². The molecule has 0 unspecified atom stereocenters. The molecule has 0 amide bonds. The molecule has 0 radical (unpaired) electrons. The fraction of sp³-hybridized carbons (Fsp3) is 0.0625. The zero-order valence-electron chi connectivity index (χ0n) is 9.76. The van der Waals surface area contributed by atoms with E-state index in [-0.39, 0.29) is 0 Å². The van der Waals surface area contributed by atoms with Crippen molar-refractivity contribution in [1.82, 2.24) is 0 Å². The van der Waals surface area contributed by atoms with E-state index < -0.39 is 0 Å². The Morgan fingerprint density at radius 3 is 2.44 bits per heavy atom. The fourth-order valence-electron chi connectivity index (χ4n) is 2.18. The first-order valence-corrected chi connectivity index (χ1v) is 5.83. The molecule has 2 nitrogen and oxygen atoms in total. The lowest BCUT2D eigenvalue weighted by atomic mass is 10.0. The molecule has 0 atom stereocenters. The fourth-order valence-corrected chi connectivity index (χ4v) is 2.18. The number of hydrogen-bond acceptors (Lipinski definition) is 2. The van der Waals surface area contributed by atoms with Gasteiger partial charge in [-0.3, -0.25) is 0 Å². The van der Waals surface area contributed by atoms with E-state index in [9.17, 15) is 0 Å². The second kappa shape index (κ2) is 4.38. The SMILES string of the molecule is N#CCc1c(-c2ccccc2)oc2ccccc12. The monoisotopic (exact) mass is 233 g/mol. The van der Waals surface area contributed by atoms with E-state index in [1.807, 2.05) is 54.6 Å². The topological polar surface area (TPSA) is 36.9 Å². The van der Waals surface area contributed by atoms with Crippen LogP contribution in [-0.4, -0.2) is 0 Å². The van der Waals surface area contributed by atoms with Crippen LogP contribution >= 0.6 is 0 Å². The Bertz CT molecular complexity index is 720. The number of benzene rings is 2. The van der Waals surface area contributed by atoms with Gasteiger partial charge in [-0.05, 0) is 6.07 Å². The Kier molecular flexibility index (Phi) is 2.59. The number of furan rings is 1. The van der Waals surface area contributed by atoms with Crippen LogP contribution in [0.5, 0.6) is 0 Å². The standard InChI is InChI=1S/C16H11NO/c17-11-10-14-13-8-4-5-9-15(13)18-16(14)12-6-2-1-3-7-12/h1-9H,10H2. The number of rotatable bonds is 2. The van der Waals surface area contributed by atoms with Gasteiger partial charge in [0.25, 0.3) is 0 Å². The highest BCUT2D eigenvalue weighted by molar-refractivity contribution is 5.88. The lowest BCUT2D eigenvalue weighted by Crippen LogP contribution is -1.83. The molecule has 2 aromatic carbocycles. The zero-order valence-corrected chi connectivity index (χ0v) is 9.76. The summed E-state index contributed by atoms with van der Waals surface area (Å²) in [6.45, 7) is 0. The Labute approximate surface area is 105 Å². The van der Waals surface area contributed by atoms with Gasteiger partial charge in [0.15, 0.2) is 0 Å². The molecule has 2 heteroatoms. The molecule has 0 bridgehead atoms. The molecule has 0 N–H and O–H groups in total. The van der Waals surface area contributed by atoms with Crippen molar-refractivity contribution in [1.29, 1.82) is 5.26 Å². The van der Waals surface area contributed by atoms with Crippen molar-refractivity contribution in [3.05, 3.63) is 60.2 Å². The van der Waals surface area contributed by atoms with Crippen molar-refractivity contribution < 1.29 is 4.42 Å². The molecular formula is C16H11NO. The molecule has 0 aliphatic heterocycles. The maximum absolute atomic E-state index is 8.98. The quantitative estimate of drug-likeness (QED) is 0.666. The van der Waals surface area contributed by atoms with Gasteiger partial charge in [-0.1, -0.05) is 48.5 Å². The van der Waals surface area contributed by atoms with Crippen molar-refractivity contribution >= 4 is 11.0 Å². The van der Waals surface area contributed by atoms with Gasteiger partial charge in [-0.2, -0.15) is 5.26 Å². The van der Waals surface area contributed by atoms with Crippen LogP contribution in [0.3, 0.4) is 0 Å². The Morgan fingerprint density at radius 1 is 0.944 bits per heavy atom. The lowest BCUT2D eigenvalue weighted by molar-refractivity contribution is 0.628. The maximum atomic E-state index is 8.98. The Hall–Kier alpha value is -2.53. The summed E-state index contributed by atoms with van der Waals surface area (Å²) in [6.07, 6.45) is 0.362. The molecule has 0 fully saturated rings. The number of para-hydroxylation sites is 1. The van der Waals surface area contributed by atoms with Gasteiger partial charge >= 0.3 is 0 Å². The summed E-state index contributed by atoms with van der Waals surface area (Å²) in [6, 6.07) is 20.0. The van der Waals surface area contributed by atoms with E-state index in [1.54, 1.807) is 0 Å². The summed E-state index contributed by atoms with van der Waals surface area (Å²) in [4.78, 5) is 0. The first-order chi connectivity index (χ1) is 8.90. The van der Waals surface area contributed by atoms with Gasteiger partial charge in [0.2, 0.25) is 0 Å². The van der Waals surface area contributed by atoms with Crippen LogP contribution in [0.15, 0.2) is 59.0 Å². The summed E-state index contributed by atoms with van der Waals surface area (Å²) >= 11 is 0. The van der Waals surface area contributed by atoms with Crippen molar-refractivity contribution in [2.24, 2.45) is 0 Å². The molecule has 0 aliphatic carbocycles. The predicted molar refractivity (Wildman–Crippen MR) is 71.0 cm³/mol. The van der Waals surface area contributed by atoms with E-state index in [0.29, 0.717) is 6.42 Å². The molecule has 86 valence electrons. The van der Waals surface area contributed by atoms with E-state index in [2.05, 4.69) is 6.07 Å². The number of nitriles is 1. The summed E-state index contributed by atoms with van der Waals surface area (Å²) in [7, 11) is 0. The van der Waals surface area contributed by atoms with Gasteiger partial charge in [-0.25, -0.2) is 0 Å². The third kappa shape index (κ3) is 1.66. The van der Waals surface area contributed by atoms with Crippen LogP contribution in [0, 0.1) is 11.3 Å². The maximum Gasteiger partial charge on any atom is 0.139 e. The lowest BCUT2D eigenvalue weighted by Gasteiger charge is -1.98. The highest BCUT2D eigenvalue weighted by Crippen LogP contribution is 2.33. The average Bonchev–Trinajstić information content (AvgIpc) is 2.80. The van der Waals surface area contributed by atoms with Crippen LogP contribution in [-0.2, 0) is 6.42 Å². The molecule has 0 saturated heterocycles. The summed E-state index contributed by atoms with van der Waals surface area (Å²) in [5.74, 6) is 0.804. The molecule has 1 heterocycles. The predicted octanol–water partition coefficient (Wildman–Crippen LogP) is 4.17. The van der Waals surface area contributed by atoms with Crippen LogP contribution in [0.25, 0.3) is 22.3 Å². The summed E-state index contributed by atoms with van der Waals surface area (Å²) < 4.78 is 5.89. The third-order valence-corrected chi connectivity index (χ3v) is 2.99. The molecule has 0 spiro atoms. The van der Waals surface area contributed by atoms with Gasteiger partial charge in [0.05, 0.1) is 12.5 Å². The number of nitrogens with zero attached hydrogens (tertiary/aromatic N) is 1. The summed E-state index contributed by atoms with van der Waals surface area (Å²) in [5, 5.41) is 10.0. The highest BCUT2D eigenvalue weighted by atomic mass is 16.3. The Balaban J connectivity index is 2.29. The van der Waals surface area contributed by atoms with Crippen molar-refractivity contribution in [3.8, 4) is 17.4 Å². The summed E-state index contributed by atoms with van der Waals surface area (Å²) in [5.41, 5.74) is 2.82. The van der Waals surface area contributed by atoms with E-state index in [0.717, 1.165) is 27.9 Å². The first-order valence-electron chi connectivity index (χ1n) is 5.83. The van der Waals surface area contributed by atoms with Crippen LogP contribution in [0.1, 0.15) is 5.56 Å². The van der Waals surface area contributed by atoms with Crippen molar-refractivity contribution in [3.63, 3.8) is 0 Å². The van der Waals surface area contributed by atoms with Gasteiger partial charge in [-0.15, -0.1) is 0 Å². The zero-order chi connectivity index (χ0) is 12.4. The Morgan fingerprint density at radius 2 is 1.67 bits per heavy atom. The minimum Gasteiger partial charge on any atom is -0.456 e. The first kappa shape index (κ1) is 10.6. The second-order valence-electron chi connectivity index (χ2n) is 4.11. The molecular weight excluding hydrogens is 222 g/mol. The smallest absolute Gasteiger partial charge is 0.139 e. The molecule has 1 aromatic heterocycles. The number of fused-ring (bicyclic) bond motifs is 1. The van der Waals surface area contributed by atoms with Crippen LogP contribution in [0.4, 0.5) is 0 Å².